The molecule has 3 aromatic rings. The molecular formula is C21H20ClN5O3S2. The molecule has 11 heteroatoms. The second-order valence-corrected chi connectivity index (χ2v) is 10.7. The molecule has 1 amide bonds. The van der Waals surface area contributed by atoms with E-state index in [9.17, 15) is 13.2 Å². The molecule has 1 atom stereocenters. The molecule has 0 spiro atoms. The first kappa shape index (κ1) is 21.2. The number of halogens is 1. The molecule has 166 valence electrons. The van der Waals surface area contributed by atoms with Crippen LogP contribution in [0.2, 0.25) is 5.02 Å². The molecule has 1 aromatic carbocycles. The molecule has 8 nitrogen and oxygen atoms in total. The quantitative estimate of drug-likeness (QED) is 0.588. The molecule has 4 heterocycles. The Morgan fingerprint density at radius 3 is 2.78 bits per heavy atom. The third-order valence-electron chi connectivity index (χ3n) is 5.71. The standard InChI is InChI=1S/C21H20ClN5O3S2/c22-15-3-5-17-14(12-15)2-1-9-26(17)18-7-10-27(20(18)28)19-6-4-16(13-24-19)32(29,30)25-21-23-8-11-31-21/h3-6,8,11-13,18H,1-2,7,9-10H2,(H,23,25). The minimum Gasteiger partial charge on any atom is -0.359 e. The number of amides is 1. The summed E-state index contributed by atoms with van der Waals surface area (Å²) in [4.78, 5) is 25.3. The Labute approximate surface area is 194 Å². The van der Waals surface area contributed by atoms with Crippen LogP contribution < -0.4 is 14.5 Å². The average molecular weight is 490 g/mol. The van der Waals surface area contributed by atoms with Gasteiger partial charge in [0.15, 0.2) is 5.13 Å². The molecule has 2 aromatic heterocycles. The van der Waals surface area contributed by atoms with Crippen LogP contribution in [0.3, 0.4) is 0 Å². The Morgan fingerprint density at radius 2 is 2.03 bits per heavy atom. The van der Waals surface area contributed by atoms with Crippen molar-refractivity contribution in [2.24, 2.45) is 0 Å². The van der Waals surface area contributed by atoms with Crippen molar-refractivity contribution in [1.29, 1.82) is 0 Å². The SMILES string of the molecule is O=C1C(N2CCCc3cc(Cl)ccc32)CCN1c1ccc(S(=O)(=O)Nc2nccs2)cn1. The first-order chi connectivity index (χ1) is 15.4. The van der Waals surface area contributed by atoms with Crippen molar-refractivity contribution in [2.75, 3.05) is 27.6 Å². The van der Waals surface area contributed by atoms with E-state index in [1.807, 2.05) is 18.2 Å². The zero-order valence-corrected chi connectivity index (χ0v) is 19.3. The third kappa shape index (κ3) is 3.94. The summed E-state index contributed by atoms with van der Waals surface area (Å²) >= 11 is 7.34. The number of aromatic nitrogens is 2. The Morgan fingerprint density at radius 1 is 1.16 bits per heavy atom. The lowest BCUT2D eigenvalue weighted by Crippen LogP contribution is -2.44. The van der Waals surface area contributed by atoms with Crippen LogP contribution in [0.5, 0.6) is 0 Å². The second kappa shape index (κ2) is 8.34. The number of nitrogens with one attached hydrogen (secondary N) is 1. The third-order valence-corrected chi connectivity index (χ3v) is 8.09. The summed E-state index contributed by atoms with van der Waals surface area (Å²) in [6.07, 6.45) is 5.38. The van der Waals surface area contributed by atoms with Gasteiger partial charge in [0.25, 0.3) is 15.9 Å². The van der Waals surface area contributed by atoms with Gasteiger partial charge < -0.3 is 4.90 Å². The summed E-state index contributed by atoms with van der Waals surface area (Å²) in [5, 5.41) is 2.67. The maximum absolute atomic E-state index is 13.3. The normalized spacial score (nSPS) is 18.7. The highest BCUT2D eigenvalue weighted by Gasteiger charge is 2.38. The lowest BCUT2D eigenvalue weighted by Gasteiger charge is -2.35. The number of benzene rings is 1. The van der Waals surface area contributed by atoms with Gasteiger partial charge in [-0.3, -0.25) is 14.4 Å². The van der Waals surface area contributed by atoms with E-state index in [0.717, 1.165) is 30.6 Å². The van der Waals surface area contributed by atoms with Crippen LogP contribution >= 0.6 is 22.9 Å². The monoisotopic (exact) mass is 489 g/mol. The van der Waals surface area contributed by atoms with E-state index in [2.05, 4.69) is 19.6 Å². The Kier molecular flexibility index (Phi) is 5.52. The van der Waals surface area contributed by atoms with E-state index >= 15 is 0 Å². The van der Waals surface area contributed by atoms with E-state index in [1.54, 1.807) is 16.3 Å². The predicted molar refractivity (Wildman–Crippen MR) is 125 cm³/mol. The summed E-state index contributed by atoms with van der Waals surface area (Å²) in [5.41, 5.74) is 2.22. The van der Waals surface area contributed by atoms with Gasteiger partial charge in [0.2, 0.25) is 0 Å². The van der Waals surface area contributed by atoms with Gasteiger partial charge in [-0.1, -0.05) is 11.6 Å². The van der Waals surface area contributed by atoms with Gasteiger partial charge >= 0.3 is 0 Å². The first-order valence-corrected chi connectivity index (χ1v) is 12.9. The predicted octanol–water partition coefficient (Wildman–Crippen LogP) is 3.55. The zero-order valence-electron chi connectivity index (χ0n) is 16.9. The minimum absolute atomic E-state index is 0.0153. The number of aryl methyl sites for hydroxylation is 1. The van der Waals surface area contributed by atoms with Crippen molar-refractivity contribution >= 4 is 55.5 Å². The van der Waals surface area contributed by atoms with Crippen molar-refractivity contribution < 1.29 is 13.2 Å². The van der Waals surface area contributed by atoms with Crippen LogP contribution in [0.1, 0.15) is 18.4 Å². The number of sulfonamides is 1. The lowest BCUT2D eigenvalue weighted by molar-refractivity contribution is -0.118. The molecule has 0 bridgehead atoms. The molecule has 0 radical (unpaired) electrons. The Hall–Kier alpha value is -2.69. The van der Waals surface area contributed by atoms with E-state index in [4.69, 9.17) is 11.6 Å². The number of rotatable bonds is 5. The fraction of sp³-hybridized carbons (Fsp3) is 0.286. The average Bonchev–Trinajstić information content (AvgIpc) is 3.42. The van der Waals surface area contributed by atoms with Gasteiger partial charge in [-0.25, -0.2) is 18.4 Å². The van der Waals surface area contributed by atoms with Gasteiger partial charge in [0.05, 0.1) is 0 Å². The molecular weight excluding hydrogens is 470 g/mol. The summed E-state index contributed by atoms with van der Waals surface area (Å²) in [6.45, 7) is 1.34. The van der Waals surface area contributed by atoms with Gasteiger partial charge in [0.1, 0.15) is 16.8 Å². The van der Waals surface area contributed by atoms with E-state index in [-0.39, 0.29) is 22.0 Å². The molecule has 2 aliphatic heterocycles. The highest BCUT2D eigenvalue weighted by atomic mass is 35.5. The summed E-state index contributed by atoms with van der Waals surface area (Å²) in [5.74, 6) is 0.413. The molecule has 1 saturated heterocycles. The fourth-order valence-electron chi connectivity index (χ4n) is 4.24. The number of fused-ring (bicyclic) bond motifs is 1. The largest absolute Gasteiger partial charge is 0.359 e. The molecule has 1 unspecified atom stereocenters. The number of carbonyl (C=O) groups is 1. The zero-order chi connectivity index (χ0) is 22.3. The van der Waals surface area contributed by atoms with Gasteiger partial charge in [-0.15, -0.1) is 11.3 Å². The molecule has 1 fully saturated rings. The number of hydrogen-bond donors (Lipinski definition) is 1. The highest BCUT2D eigenvalue weighted by Crippen LogP contribution is 2.34. The number of anilines is 3. The number of nitrogens with zero attached hydrogens (tertiary/aromatic N) is 4. The van der Waals surface area contributed by atoms with Crippen LogP contribution in [0.25, 0.3) is 0 Å². The molecule has 2 aliphatic rings. The molecule has 1 N–H and O–H groups in total. The Bertz CT molecular complexity index is 1250. The van der Waals surface area contributed by atoms with Gasteiger partial charge in [-0.2, -0.15) is 0 Å². The topological polar surface area (TPSA) is 95.5 Å². The molecule has 0 saturated carbocycles. The van der Waals surface area contributed by atoms with Crippen molar-refractivity contribution in [2.45, 2.75) is 30.2 Å². The van der Waals surface area contributed by atoms with Crippen molar-refractivity contribution in [3.63, 3.8) is 0 Å². The van der Waals surface area contributed by atoms with E-state index in [1.165, 1.54) is 29.8 Å². The molecule has 32 heavy (non-hydrogen) atoms. The maximum Gasteiger partial charge on any atom is 0.265 e. The first-order valence-electron chi connectivity index (χ1n) is 10.2. The lowest BCUT2D eigenvalue weighted by atomic mass is 9.99. The summed E-state index contributed by atoms with van der Waals surface area (Å²) in [7, 11) is -3.79. The number of pyridine rings is 1. The van der Waals surface area contributed by atoms with Crippen molar-refractivity contribution in [3.8, 4) is 0 Å². The smallest absolute Gasteiger partial charge is 0.265 e. The highest BCUT2D eigenvalue weighted by molar-refractivity contribution is 7.93. The Balaban J connectivity index is 1.34. The summed E-state index contributed by atoms with van der Waals surface area (Å²) < 4.78 is 27.4. The maximum atomic E-state index is 13.3. The second-order valence-electron chi connectivity index (χ2n) is 7.66. The van der Waals surface area contributed by atoms with Gasteiger partial charge in [0, 0.05) is 41.6 Å². The fourth-order valence-corrected chi connectivity index (χ4v) is 6.17. The van der Waals surface area contributed by atoms with E-state index < -0.39 is 10.0 Å². The van der Waals surface area contributed by atoms with Crippen LogP contribution in [-0.2, 0) is 21.2 Å². The molecule has 0 aliphatic carbocycles. The van der Waals surface area contributed by atoms with Crippen LogP contribution in [0.15, 0.2) is 53.0 Å². The number of hydrogen-bond acceptors (Lipinski definition) is 7. The number of thiazole rings is 1. The van der Waals surface area contributed by atoms with Crippen molar-refractivity contribution in [1.82, 2.24) is 9.97 Å². The van der Waals surface area contributed by atoms with Gasteiger partial charge in [-0.05, 0) is 55.2 Å². The van der Waals surface area contributed by atoms with E-state index in [0.29, 0.717) is 23.8 Å². The summed E-state index contributed by atoms with van der Waals surface area (Å²) in [6, 6.07) is 8.57. The van der Waals surface area contributed by atoms with Crippen LogP contribution in [0.4, 0.5) is 16.6 Å². The molecule has 5 rings (SSSR count). The van der Waals surface area contributed by atoms with Crippen molar-refractivity contribution in [3.05, 3.63) is 58.7 Å². The van der Waals surface area contributed by atoms with Crippen LogP contribution in [0, 0.1) is 0 Å². The minimum atomic E-state index is -3.79. The number of carbonyl (C=O) groups excluding carboxylic acids is 1. The van der Waals surface area contributed by atoms with Crippen LogP contribution in [-0.4, -0.2) is 43.4 Å².